The third kappa shape index (κ3) is 8.24. The summed E-state index contributed by atoms with van der Waals surface area (Å²) in [5.74, 6) is -0.275. The van der Waals surface area contributed by atoms with Crippen molar-refractivity contribution >= 4 is 36.0 Å². The van der Waals surface area contributed by atoms with Crippen LogP contribution in [0.4, 0.5) is 5.69 Å². The Morgan fingerprint density at radius 3 is 1.97 bits per heavy atom. The molecule has 2 amide bonds. The van der Waals surface area contributed by atoms with Crippen molar-refractivity contribution in [2.45, 2.75) is 13.5 Å². The van der Waals surface area contributed by atoms with Gasteiger partial charge in [-0.2, -0.15) is 0 Å². The average Bonchev–Trinajstić information content (AvgIpc) is 2.79. The Morgan fingerprint density at radius 1 is 0.903 bits per heavy atom. The molecule has 0 saturated carbocycles. The molecule has 162 valence electrons. The van der Waals surface area contributed by atoms with Gasteiger partial charge < -0.3 is 5.32 Å². The topological polar surface area (TPSA) is 125 Å². The SMILES string of the molecule is CC(=O)Nc1ccc([As](=O)(O)OO)cc1.O=C(NCc1ccccc1)c1ccccc1. The summed E-state index contributed by atoms with van der Waals surface area (Å²) >= 11 is -4.76. The zero-order valence-electron chi connectivity index (χ0n) is 16.8. The molecule has 0 aliphatic rings. The number of anilines is 1. The molecule has 0 radical (unpaired) electrons. The van der Waals surface area contributed by atoms with Crippen LogP contribution in [0.5, 0.6) is 0 Å². The molecule has 3 rings (SSSR count). The molecular formula is C22H23AsN2O6. The molecule has 3 aromatic carbocycles. The zero-order valence-corrected chi connectivity index (χ0v) is 18.6. The van der Waals surface area contributed by atoms with E-state index >= 15 is 0 Å². The van der Waals surface area contributed by atoms with Crippen molar-refractivity contribution in [2.24, 2.45) is 0 Å². The summed E-state index contributed by atoms with van der Waals surface area (Å²) in [7, 11) is 0. The molecule has 0 bridgehead atoms. The minimum absolute atomic E-state index is 0.00438. The first kappa shape index (κ1) is 24.1. The molecule has 0 saturated heterocycles. The third-order valence-electron chi connectivity index (χ3n) is 3.96. The van der Waals surface area contributed by atoms with Crippen LogP contribution in [0.1, 0.15) is 22.8 Å². The second kappa shape index (κ2) is 11.9. The van der Waals surface area contributed by atoms with E-state index in [1.807, 2.05) is 48.5 Å². The van der Waals surface area contributed by atoms with Crippen molar-refractivity contribution in [3.05, 3.63) is 96.1 Å². The van der Waals surface area contributed by atoms with Gasteiger partial charge in [-0.1, -0.05) is 48.5 Å². The zero-order chi connectivity index (χ0) is 22.7. The van der Waals surface area contributed by atoms with Crippen LogP contribution in [0.25, 0.3) is 0 Å². The molecule has 0 heterocycles. The number of amides is 2. The molecule has 0 aliphatic heterocycles. The maximum absolute atomic E-state index is 11.7. The van der Waals surface area contributed by atoms with Crippen molar-refractivity contribution in [2.75, 3.05) is 5.32 Å². The number of carbonyl (C=O) groups excluding carboxylic acids is 2. The molecule has 3 aromatic rings. The van der Waals surface area contributed by atoms with E-state index in [0.717, 1.165) is 5.56 Å². The standard InChI is InChI=1S/C14H13NO.C8H10AsNO5/c16-14(13-9-5-2-6-10-13)15-11-12-7-3-1-4-8-12;1-6(11)10-8-4-2-7(3-5-8)9(12,13)15-14/h1-10H,11H2,(H,15,16);2-5,14H,1H3,(H,10,11)(H,12,13). The van der Waals surface area contributed by atoms with E-state index in [1.54, 1.807) is 12.1 Å². The first-order valence-electron chi connectivity index (χ1n) is 9.23. The first-order valence-corrected chi connectivity index (χ1v) is 12.5. The molecule has 0 spiro atoms. The summed E-state index contributed by atoms with van der Waals surface area (Å²) in [6, 6.07) is 24.6. The van der Waals surface area contributed by atoms with Crippen LogP contribution in [0.15, 0.2) is 84.9 Å². The Balaban J connectivity index is 0.000000221. The Labute approximate surface area is 182 Å². The van der Waals surface area contributed by atoms with Gasteiger partial charge in [-0.25, -0.2) is 0 Å². The van der Waals surface area contributed by atoms with Gasteiger partial charge in [0.15, 0.2) is 0 Å². The van der Waals surface area contributed by atoms with Crippen LogP contribution in [0, 0.1) is 0 Å². The molecule has 0 aliphatic carbocycles. The fourth-order valence-electron chi connectivity index (χ4n) is 2.45. The van der Waals surface area contributed by atoms with Crippen molar-refractivity contribution in [3.63, 3.8) is 0 Å². The predicted octanol–water partition coefficient (Wildman–Crippen LogP) is 2.32. The van der Waals surface area contributed by atoms with Gasteiger partial charge in [-0.15, -0.1) is 0 Å². The summed E-state index contributed by atoms with van der Waals surface area (Å²) in [6.45, 7) is 1.92. The van der Waals surface area contributed by atoms with Gasteiger partial charge in [-0.05, 0) is 17.7 Å². The van der Waals surface area contributed by atoms with E-state index < -0.39 is 14.2 Å². The number of rotatable bonds is 6. The number of hydrogen-bond acceptors (Lipinski definition) is 5. The second-order valence-electron chi connectivity index (χ2n) is 6.36. The largest absolute Gasteiger partial charge is 0.348 e. The van der Waals surface area contributed by atoms with Gasteiger partial charge in [0.05, 0.1) is 0 Å². The number of hydrogen-bond donors (Lipinski definition) is 4. The van der Waals surface area contributed by atoms with Crippen LogP contribution in [0.3, 0.4) is 0 Å². The molecule has 1 unspecified atom stereocenters. The van der Waals surface area contributed by atoms with Crippen molar-refractivity contribution in [3.8, 4) is 0 Å². The monoisotopic (exact) mass is 486 g/mol. The second-order valence-corrected chi connectivity index (χ2v) is 9.97. The van der Waals surface area contributed by atoms with Crippen LogP contribution < -0.4 is 15.0 Å². The molecular weight excluding hydrogens is 463 g/mol. The third-order valence-corrected chi connectivity index (χ3v) is 6.42. The number of nitrogens with one attached hydrogen (secondary N) is 2. The van der Waals surface area contributed by atoms with Gasteiger partial charge in [-0.3, -0.25) is 4.79 Å². The maximum atomic E-state index is 11.7. The van der Waals surface area contributed by atoms with Gasteiger partial charge in [0.2, 0.25) is 0 Å². The first-order chi connectivity index (χ1) is 14.8. The minimum Gasteiger partial charge on any atom is -0.348 e. The Bertz CT molecular complexity index is 1030. The van der Waals surface area contributed by atoms with Gasteiger partial charge >= 0.3 is 88.4 Å². The van der Waals surface area contributed by atoms with E-state index in [1.165, 1.54) is 31.2 Å². The van der Waals surface area contributed by atoms with Crippen LogP contribution in [-0.4, -0.2) is 35.3 Å². The van der Waals surface area contributed by atoms with Crippen LogP contribution in [-0.2, 0) is 19.0 Å². The quantitative estimate of drug-likeness (QED) is 0.241. The minimum atomic E-state index is -4.76. The Hall–Kier alpha value is -3.16. The number of carbonyl (C=O) groups is 2. The van der Waals surface area contributed by atoms with E-state index in [0.29, 0.717) is 17.8 Å². The molecule has 9 heteroatoms. The molecule has 1 atom stereocenters. The average molecular weight is 486 g/mol. The Morgan fingerprint density at radius 2 is 1.45 bits per heavy atom. The van der Waals surface area contributed by atoms with E-state index in [-0.39, 0.29) is 16.2 Å². The van der Waals surface area contributed by atoms with E-state index in [9.17, 15) is 13.3 Å². The van der Waals surface area contributed by atoms with E-state index in [2.05, 4.69) is 14.5 Å². The molecule has 31 heavy (non-hydrogen) atoms. The molecule has 8 nitrogen and oxygen atoms in total. The smallest absolute Gasteiger partial charge is 0.251 e. The summed E-state index contributed by atoms with van der Waals surface area (Å²) in [6.07, 6.45) is 0. The fourth-order valence-corrected chi connectivity index (χ4v) is 3.75. The Kier molecular flexibility index (Phi) is 9.24. The van der Waals surface area contributed by atoms with Crippen molar-refractivity contribution < 1.29 is 26.6 Å². The van der Waals surface area contributed by atoms with E-state index in [4.69, 9.17) is 9.35 Å². The van der Waals surface area contributed by atoms with Crippen LogP contribution >= 0.6 is 0 Å². The summed E-state index contributed by atoms with van der Waals surface area (Å²) in [5.41, 5.74) is 2.30. The van der Waals surface area contributed by atoms with Crippen molar-refractivity contribution in [1.29, 1.82) is 0 Å². The normalized spacial score (nSPS) is 12.0. The summed E-state index contributed by atoms with van der Waals surface area (Å²) in [4.78, 5) is 22.4. The maximum Gasteiger partial charge on any atom is 0.251 e. The molecule has 0 fully saturated rings. The summed E-state index contributed by atoms with van der Waals surface area (Å²) < 4.78 is 23.8. The molecule has 0 aromatic heterocycles. The van der Waals surface area contributed by atoms with Crippen molar-refractivity contribution in [1.82, 2.24) is 5.32 Å². The predicted molar refractivity (Wildman–Crippen MR) is 117 cm³/mol. The summed E-state index contributed by atoms with van der Waals surface area (Å²) in [5, 5.41) is 13.6. The van der Waals surface area contributed by atoms with Gasteiger partial charge in [0.1, 0.15) is 0 Å². The fraction of sp³-hybridized carbons (Fsp3) is 0.0909. The van der Waals surface area contributed by atoms with Gasteiger partial charge in [0.25, 0.3) is 5.91 Å². The number of benzene rings is 3. The van der Waals surface area contributed by atoms with Gasteiger partial charge in [0, 0.05) is 12.1 Å². The molecule has 4 N–H and O–H groups in total. The van der Waals surface area contributed by atoms with Crippen LogP contribution in [0.2, 0.25) is 0 Å².